The monoisotopic (exact) mass is 268 g/mol. The number of nitrogens with one attached hydrogen (secondary N) is 1. The predicted octanol–water partition coefficient (Wildman–Crippen LogP) is 1.53. The molecule has 0 aromatic carbocycles. The lowest BCUT2D eigenvalue weighted by molar-refractivity contribution is -0.122. The summed E-state index contributed by atoms with van der Waals surface area (Å²) in [4.78, 5) is 14.2. The molecule has 0 aromatic heterocycles. The number of aliphatic hydroxyl groups is 1. The van der Waals surface area contributed by atoms with Crippen molar-refractivity contribution in [3.63, 3.8) is 0 Å². The van der Waals surface area contributed by atoms with Crippen molar-refractivity contribution in [2.24, 2.45) is 5.92 Å². The maximum Gasteiger partial charge on any atom is 0.220 e. The fraction of sp³-hybridized carbons (Fsp3) is 0.933. The number of hydrogen-bond donors (Lipinski definition) is 2. The Balaban J connectivity index is 1.54. The molecule has 0 radical (unpaired) electrons. The maximum absolute atomic E-state index is 11.8. The zero-order valence-electron chi connectivity index (χ0n) is 12.1. The minimum absolute atomic E-state index is 0.146. The lowest BCUT2D eigenvalue weighted by Crippen LogP contribution is -2.38. The SMILES string of the molecule is CN1CCC(CCCC(=O)NC2CCC(O)CC2)C1. The summed E-state index contributed by atoms with van der Waals surface area (Å²) in [6.45, 7) is 2.41. The van der Waals surface area contributed by atoms with Gasteiger partial charge in [-0.3, -0.25) is 4.79 Å². The molecule has 0 spiro atoms. The van der Waals surface area contributed by atoms with Crippen molar-refractivity contribution in [2.75, 3.05) is 20.1 Å². The van der Waals surface area contributed by atoms with Crippen LogP contribution in [-0.4, -0.2) is 48.2 Å². The van der Waals surface area contributed by atoms with Crippen LogP contribution in [0.25, 0.3) is 0 Å². The molecule has 1 amide bonds. The molecule has 1 aliphatic carbocycles. The molecule has 1 saturated heterocycles. The van der Waals surface area contributed by atoms with Gasteiger partial charge in [0.15, 0.2) is 0 Å². The number of carbonyl (C=O) groups is 1. The minimum Gasteiger partial charge on any atom is -0.393 e. The third kappa shape index (κ3) is 5.11. The Morgan fingerprint density at radius 3 is 2.63 bits per heavy atom. The second-order valence-corrected chi connectivity index (χ2v) is 6.38. The van der Waals surface area contributed by atoms with E-state index in [0.717, 1.165) is 38.0 Å². The highest BCUT2D eigenvalue weighted by atomic mass is 16.3. The predicted molar refractivity (Wildman–Crippen MR) is 75.9 cm³/mol. The van der Waals surface area contributed by atoms with Crippen molar-refractivity contribution >= 4 is 5.91 Å². The first-order valence-electron chi connectivity index (χ1n) is 7.79. The van der Waals surface area contributed by atoms with Crippen molar-refractivity contribution in [3.05, 3.63) is 0 Å². The standard InChI is InChI=1S/C15H28N2O2/c1-17-10-9-12(11-17)3-2-4-15(19)16-13-5-7-14(18)8-6-13/h12-14,18H,2-11H2,1H3,(H,16,19). The molecule has 2 rings (SSSR count). The Morgan fingerprint density at radius 2 is 2.00 bits per heavy atom. The second-order valence-electron chi connectivity index (χ2n) is 6.38. The van der Waals surface area contributed by atoms with Crippen molar-refractivity contribution in [1.29, 1.82) is 0 Å². The summed E-state index contributed by atoms with van der Waals surface area (Å²) in [6.07, 6.45) is 7.53. The Kier molecular flexibility index (Phi) is 5.64. The van der Waals surface area contributed by atoms with Gasteiger partial charge in [-0.1, -0.05) is 0 Å². The van der Waals surface area contributed by atoms with Crippen LogP contribution < -0.4 is 5.32 Å². The molecule has 1 aliphatic heterocycles. The van der Waals surface area contributed by atoms with Crippen LogP contribution in [0.3, 0.4) is 0 Å². The largest absolute Gasteiger partial charge is 0.393 e. The highest BCUT2D eigenvalue weighted by molar-refractivity contribution is 5.76. The van der Waals surface area contributed by atoms with Gasteiger partial charge in [-0.25, -0.2) is 0 Å². The summed E-state index contributed by atoms with van der Waals surface area (Å²) in [5, 5.41) is 12.5. The lowest BCUT2D eigenvalue weighted by atomic mass is 9.93. The number of aliphatic hydroxyl groups excluding tert-OH is 1. The molecule has 19 heavy (non-hydrogen) atoms. The zero-order chi connectivity index (χ0) is 13.7. The highest BCUT2D eigenvalue weighted by Crippen LogP contribution is 2.21. The molecule has 2 N–H and O–H groups in total. The van der Waals surface area contributed by atoms with E-state index in [1.807, 2.05) is 0 Å². The van der Waals surface area contributed by atoms with Gasteiger partial charge in [0.05, 0.1) is 6.10 Å². The van der Waals surface area contributed by atoms with Gasteiger partial charge >= 0.3 is 0 Å². The minimum atomic E-state index is -0.146. The number of likely N-dealkylation sites (tertiary alicyclic amines) is 1. The summed E-state index contributed by atoms with van der Waals surface area (Å²) in [5.41, 5.74) is 0. The summed E-state index contributed by atoms with van der Waals surface area (Å²) >= 11 is 0. The lowest BCUT2D eigenvalue weighted by Gasteiger charge is -2.26. The average Bonchev–Trinajstić information content (AvgIpc) is 2.78. The Hall–Kier alpha value is -0.610. The van der Waals surface area contributed by atoms with E-state index in [1.54, 1.807) is 0 Å². The van der Waals surface area contributed by atoms with Crippen molar-refractivity contribution in [2.45, 2.75) is 63.5 Å². The van der Waals surface area contributed by atoms with Gasteiger partial charge in [0.1, 0.15) is 0 Å². The molecule has 4 nitrogen and oxygen atoms in total. The van der Waals surface area contributed by atoms with Crippen molar-refractivity contribution < 1.29 is 9.90 Å². The van der Waals surface area contributed by atoms with Crippen LogP contribution in [-0.2, 0) is 4.79 Å². The molecule has 2 aliphatic rings. The van der Waals surface area contributed by atoms with E-state index in [4.69, 9.17) is 0 Å². The Bertz CT molecular complexity index is 288. The first-order valence-corrected chi connectivity index (χ1v) is 7.79. The maximum atomic E-state index is 11.8. The van der Waals surface area contributed by atoms with Crippen LogP contribution in [0.5, 0.6) is 0 Å². The van der Waals surface area contributed by atoms with E-state index in [2.05, 4.69) is 17.3 Å². The number of nitrogens with zero attached hydrogens (tertiary/aromatic N) is 1. The number of rotatable bonds is 5. The van der Waals surface area contributed by atoms with Crippen LogP contribution in [0.4, 0.5) is 0 Å². The van der Waals surface area contributed by atoms with E-state index >= 15 is 0 Å². The molecule has 1 saturated carbocycles. The van der Waals surface area contributed by atoms with Gasteiger partial charge in [0.2, 0.25) is 5.91 Å². The smallest absolute Gasteiger partial charge is 0.220 e. The molecule has 2 fully saturated rings. The summed E-state index contributed by atoms with van der Waals surface area (Å²) < 4.78 is 0. The molecule has 0 aromatic rings. The van der Waals surface area contributed by atoms with Crippen LogP contribution in [0.2, 0.25) is 0 Å². The van der Waals surface area contributed by atoms with Crippen molar-refractivity contribution in [1.82, 2.24) is 10.2 Å². The molecule has 0 bridgehead atoms. The number of amides is 1. The van der Waals surface area contributed by atoms with E-state index in [1.165, 1.54) is 25.9 Å². The average molecular weight is 268 g/mol. The Morgan fingerprint density at radius 1 is 1.26 bits per heavy atom. The topological polar surface area (TPSA) is 52.6 Å². The second kappa shape index (κ2) is 7.25. The quantitative estimate of drug-likeness (QED) is 0.795. The molecular weight excluding hydrogens is 240 g/mol. The van der Waals surface area contributed by atoms with Gasteiger partial charge in [-0.2, -0.15) is 0 Å². The Labute approximate surface area is 116 Å². The molecule has 4 heteroatoms. The first-order chi connectivity index (χ1) is 9.13. The van der Waals surface area contributed by atoms with Crippen LogP contribution in [0.1, 0.15) is 51.4 Å². The van der Waals surface area contributed by atoms with Crippen LogP contribution >= 0.6 is 0 Å². The van der Waals surface area contributed by atoms with Gasteiger partial charge < -0.3 is 15.3 Å². The fourth-order valence-corrected chi connectivity index (χ4v) is 3.33. The summed E-state index contributed by atoms with van der Waals surface area (Å²) in [6, 6.07) is 0.300. The first kappa shape index (κ1) is 14.8. The summed E-state index contributed by atoms with van der Waals surface area (Å²) in [5.74, 6) is 0.996. The zero-order valence-corrected chi connectivity index (χ0v) is 12.1. The van der Waals surface area contributed by atoms with Crippen LogP contribution in [0.15, 0.2) is 0 Å². The molecule has 1 unspecified atom stereocenters. The van der Waals surface area contributed by atoms with E-state index in [-0.39, 0.29) is 12.0 Å². The molecular formula is C15H28N2O2. The number of carbonyl (C=O) groups excluding carboxylic acids is 1. The normalized spacial score (nSPS) is 32.4. The van der Waals surface area contributed by atoms with Gasteiger partial charge in [-0.05, 0) is 64.5 Å². The fourth-order valence-electron chi connectivity index (χ4n) is 3.33. The highest BCUT2D eigenvalue weighted by Gasteiger charge is 2.21. The molecule has 1 atom stereocenters. The van der Waals surface area contributed by atoms with Crippen molar-refractivity contribution in [3.8, 4) is 0 Å². The third-order valence-electron chi connectivity index (χ3n) is 4.57. The van der Waals surface area contributed by atoms with E-state index in [0.29, 0.717) is 12.5 Å². The molecule has 1 heterocycles. The number of hydrogen-bond acceptors (Lipinski definition) is 3. The van der Waals surface area contributed by atoms with Gasteiger partial charge in [0, 0.05) is 19.0 Å². The van der Waals surface area contributed by atoms with E-state index in [9.17, 15) is 9.90 Å². The summed E-state index contributed by atoms with van der Waals surface area (Å²) in [7, 11) is 2.17. The molecule has 110 valence electrons. The van der Waals surface area contributed by atoms with Gasteiger partial charge in [-0.15, -0.1) is 0 Å². The van der Waals surface area contributed by atoms with E-state index < -0.39 is 0 Å². The third-order valence-corrected chi connectivity index (χ3v) is 4.57. The van der Waals surface area contributed by atoms with Gasteiger partial charge in [0.25, 0.3) is 0 Å². The van der Waals surface area contributed by atoms with Crippen LogP contribution in [0, 0.1) is 5.92 Å².